The van der Waals surface area contributed by atoms with E-state index >= 15 is 0 Å². The summed E-state index contributed by atoms with van der Waals surface area (Å²) < 4.78 is 6.56. The van der Waals surface area contributed by atoms with Gasteiger partial charge in [0, 0.05) is 6.04 Å². The minimum Gasteiger partial charge on any atom is -0.461 e. The predicted molar refractivity (Wildman–Crippen MR) is 81.1 cm³/mol. The van der Waals surface area contributed by atoms with Crippen molar-refractivity contribution < 1.29 is 9.21 Å². The number of nitrogen functional groups attached to an aromatic ring is 1. The normalized spacial score (nSPS) is 11.0. The van der Waals surface area contributed by atoms with Crippen molar-refractivity contribution in [1.82, 2.24) is 20.2 Å². The van der Waals surface area contributed by atoms with Gasteiger partial charge in [-0.25, -0.2) is 4.68 Å². The van der Waals surface area contributed by atoms with E-state index in [1.807, 2.05) is 13.8 Å². The molecule has 0 bridgehead atoms. The number of carbonyl (C=O) groups is 1. The van der Waals surface area contributed by atoms with Crippen LogP contribution in [0.1, 0.15) is 26.7 Å². The lowest BCUT2D eigenvalue weighted by molar-refractivity contribution is -0.119. The lowest BCUT2D eigenvalue weighted by Crippen LogP contribution is -2.35. The van der Waals surface area contributed by atoms with Gasteiger partial charge in [0.25, 0.3) is 0 Å². The molecule has 21 heavy (non-hydrogen) atoms. The molecule has 0 aliphatic rings. The Bertz CT molecular complexity index is 577. The Kier molecular flexibility index (Phi) is 5.26. The molecule has 0 saturated carbocycles. The number of nitrogens with zero attached hydrogens (tertiary/aromatic N) is 3. The van der Waals surface area contributed by atoms with Gasteiger partial charge < -0.3 is 15.6 Å². The molecule has 0 aliphatic heterocycles. The maximum Gasteiger partial charge on any atom is 0.230 e. The molecular weight excluding hydrogens is 290 g/mol. The molecule has 0 saturated heterocycles. The summed E-state index contributed by atoms with van der Waals surface area (Å²) in [6.45, 7) is 4.10. The number of aromatic nitrogens is 3. The Morgan fingerprint density at radius 2 is 2.24 bits per heavy atom. The van der Waals surface area contributed by atoms with Crippen LogP contribution in [-0.4, -0.2) is 32.6 Å². The highest BCUT2D eigenvalue weighted by Gasteiger charge is 2.16. The molecule has 2 rings (SSSR count). The van der Waals surface area contributed by atoms with Crippen LogP contribution >= 0.6 is 11.8 Å². The van der Waals surface area contributed by atoms with Gasteiger partial charge in [-0.2, -0.15) is 0 Å². The summed E-state index contributed by atoms with van der Waals surface area (Å²) in [6.07, 6.45) is 3.38. The summed E-state index contributed by atoms with van der Waals surface area (Å²) in [5, 5.41) is 11.4. The molecule has 8 heteroatoms. The van der Waals surface area contributed by atoms with E-state index in [1.165, 1.54) is 16.4 Å². The molecule has 0 unspecified atom stereocenters. The van der Waals surface area contributed by atoms with Crippen molar-refractivity contribution in [2.75, 3.05) is 11.6 Å². The van der Waals surface area contributed by atoms with Crippen LogP contribution in [0.5, 0.6) is 0 Å². The molecule has 0 fully saturated rings. The van der Waals surface area contributed by atoms with Crippen LogP contribution in [-0.2, 0) is 4.79 Å². The molecule has 0 atom stereocenters. The molecule has 2 aromatic rings. The van der Waals surface area contributed by atoms with E-state index in [2.05, 4.69) is 15.5 Å². The molecule has 0 spiro atoms. The zero-order chi connectivity index (χ0) is 15.2. The molecular formula is C13H19N5O2S. The first-order valence-electron chi connectivity index (χ1n) is 6.82. The second-order valence-corrected chi connectivity index (χ2v) is 5.47. The number of thioether (sulfide) groups is 1. The lowest BCUT2D eigenvalue weighted by atomic mass is 10.2. The number of furan rings is 1. The van der Waals surface area contributed by atoms with Gasteiger partial charge >= 0.3 is 0 Å². The van der Waals surface area contributed by atoms with Crippen molar-refractivity contribution in [3.8, 4) is 11.6 Å². The zero-order valence-electron chi connectivity index (χ0n) is 12.1. The van der Waals surface area contributed by atoms with Crippen molar-refractivity contribution in [3.05, 3.63) is 18.4 Å². The van der Waals surface area contributed by atoms with E-state index in [1.54, 1.807) is 18.4 Å². The minimum absolute atomic E-state index is 0.0313. The van der Waals surface area contributed by atoms with E-state index in [4.69, 9.17) is 10.3 Å². The Morgan fingerprint density at radius 1 is 1.48 bits per heavy atom. The van der Waals surface area contributed by atoms with Crippen LogP contribution in [0.15, 0.2) is 28.0 Å². The van der Waals surface area contributed by atoms with Gasteiger partial charge in [-0.3, -0.25) is 4.79 Å². The highest BCUT2D eigenvalue weighted by atomic mass is 32.2. The van der Waals surface area contributed by atoms with Crippen LogP contribution in [0.2, 0.25) is 0 Å². The van der Waals surface area contributed by atoms with E-state index in [0.717, 1.165) is 12.8 Å². The van der Waals surface area contributed by atoms with Gasteiger partial charge in [0.15, 0.2) is 5.76 Å². The van der Waals surface area contributed by atoms with Crippen molar-refractivity contribution >= 4 is 17.7 Å². The largest absolute Gasteiger partial charge is 0.461 e. The van der Waals surface area contributed by atoms with Crippen molar-refractivity contribution in [2.45, 2.75) is 37.9 Å². The molecule has 1 amide bonds. The molecule has 0 aromatic carbocycles. The highest BCUT2D eigenvalue weighted by Crippen LogP contribution is 2.21. The summed E-state index contributed by atoms with van der Waals surface area (Å²) >= 11 is 1.25. The second-order valence-electron chi connectivity index (χ2n) is 4.52. The molecule has 7 nitrogen and oxygen atoms in total. The Hall–Kier alpha value is -1.96. The number of carbonyl (C=O) groups excluding carboxylic acids is 1. The third kappa shape index (κ3) is 3.78. The number of hydrogen-bond donors (Lipinski definition) is 2. The molecule has 114 valence electrons. The molecule has 3 N–H and O–H groups in total. The number of hydrogen-bond acceptors (Lipinski definition) is 6. The van der Waals surface area contributed by atoms with Gasteiger partial charge in [0.05, 0.1) is 12.0 Å². The Morgan fingerprint density at radius 3 is 2.86 bits per heavy atom. The van der Waals surface area contributed by atoms with E-state index < -0.39 is 0 Å². The first kappa shape index (κ1) is 15.4. The third-order valence-electron chi connectivity index (χ3n) is 3.09. The maximum absolute atomic E-state index is 11.8. The van der Waals surface area contributed by atoms with E-state index in [-0.39, 0.29) is 17.7 Å². The third-order valence-corrected chi connectivity index (χ3v) is 4.03. The summed E-state index contributed by atoms with van der Waals surface area (Å²) in [5.41, 5.74) is 0. The van der Waals surface area contributed by atoms with Gasteiger partial charge in [0.1, 0.15) is 0 Å². The lowest BCUT2D eigenvalue weighted by Gasteiger charge is -2.14. The Balaban J connectivity index is 1.94. The van der Waals surface area contributed by atoms with E-state index in [9.17, 15) is 4.79 Å². The fourth-order valence-electron chi connectivity index (χ4n) is 1.84. The highest BCUT2D eigenvalue weighted by molar-refractivity contribution is 7.99. The quantitative estimate of drug-likeness (QED) is 0.596. The van der Waals surface area contributed by atoms with Gasteiger partial charge in [0.2, 0.25) is 16.9 Å². The molecule has 0 aliphatic carbocycles. The molecule has 0 radical (unpaired) electrons. The monoisotopic (exact) mass is 309 g/mol. The Labute approximate surface area is 127 Å². The zero-order valence-corrected chi connectivity index (χ0v) is 12.9. The molecule has 2 aromatic heterocycles. The second kappa shape index (κ2) is 7.16. The van der Waals surface area contributed by atoms with Gasteiger partial charge in [-0.1, -0.05) is 25.6 Å². The van der Waals surface area contributed by atoms with Gasteiger partial charge in [-0.15, -0.1) is 10.2 Å². The minimum atomic E-state index is -0.0313. The SMILES string of the molecule is CCC(CC)NC(=O)CSc1nnc(-c2ccco2)n1N. The van der Waals surface area contributed by atoms with Crippen LogP contribution in [0.3, 0.4) is 0 Å². The first-order chi connectivity index (χ1) is 10.2. The first-order valence-corrected chi connectivity index (χ1v) is 7.80. The number of amides is 1. The average Bonchev–Trinajstić information content (AvgIpc) is 3.12. The average molecular weight is 309 g/mol. The maximum atomic E-state index is 11.8. The van der Waals surface area contributed by atoms with Crippen molar-refractivity contribution in [1.29, 1.82) is 0 Å². The summed E-state index contributed by atoms with van der Waals surface area (Å²) in [6, 6.07) is 3.72. The summed E-state index contributed by atoms with van der Waals surface area (Å²) in [5.74, 6) is 7.11. The van der Waals surface area contributed by atoms with Crippen LogP contribution in [0.4, 0.5) is 0 Å². The van der Waals surface area contributed by atoms with Crippen molar-refractivity contribution in [2.24, 2.45) is 0 Å². The fraction of sp³-hybridized carbons (Fsp3) is 0.462. The topological polar surface area (TPSA) is 99.0 Å². The van der Waals surface area contributed by atoms with Crippen LogP contribution in [0.25, 0.3) is 11.6 Å². The number of nitrogens with two attached hydrogens (primary N) is 1. The van der Waals surface area contributed by atoms with Crippen LogP contribution < -0.4 is 11.2 Å². The van der Waals surface area contributed by atoms with Gasteiger partial charge in [-0.05, 0) is 25.0 Å². The summed E-state index contributed by atoms with van der Waals surface area (Å²) in [7, 11) is 0. The summed E-state index contributed by atoms with van der Waals surface area (Å²) in [4.78, 5) is 11.8. The number of rotatable bonds is 7. The smallest absolute Gasteiger partial charge is 0.230 e. The molecule has 2 heterocycles. The fourth-order valence-corrected chi connectivity index (χ4v) is 2.51. The standard InChI is InChI=1S/C13H19N5O2S/c1-3-9(4-2)15-11(19)8-21-13-17-16-12(18(13)14)10-6-5-7-20-10/h5-7,9H,3-4,8,14H2,1-2H3,(H,15,19). The number of nitrogens with one attached hydrogen (secondary N) is 1. The van der Waals surface area contributed by atoms with Crippen LogP contribution in [0, 0.1) is 0 Å². The predicted octanol–water partition coefficient (Wildman–Crippen LogP) is 1.65. The van der Waals surface area contributed by atoms with Crippen molar-refractivity contribution in [3.63, 3.8) is 0 Å². The van der Waals surface area contributed by atoms with E-state index in [0.29, 0.717) is 16.7 Å².